The summed E-state index contributed by atoms with van der Waals surface area (Å²) >= 11 is 0. The second-order valence-electron chi connectivity index (χ2n) is 3.14. The lowest BCUT2D eigenvalue weighted by molar-refractivity contribution is 0.686. The first-order valence-corrected chi connectivity index (χ1v) is 6.58. The topological polar surface area (TPSA) is 79.5 Å². The molecule has 0 fully saturated rings. The first kappa shape index (κ1) is 12.7. The summed E-state index contributed by atoms with van der Waals surface area (Å²) in [6.07, 6.45) is 1.65. The number of nitrogens with zero attached hydrogens (tertiary/aromatic N) is 1. The minimum atomic E-state index is -0.834. The Balaban J connectivity index is 2.52. The number of aliphatic imine (C=N–C) groups is 1. The zero-order chi connectivity index (χ0) is 11.8. The number of rotatable bonds is 4. The average Bonchev–Trinajstić information content (AvgIpc) is 2.28. The highest BCUT2D eigenvalue weighted by molar-refractivity contribution is 7.84. The van der Waals surface area contributed by atoms with Crippen molar-refractivity contribution in [3.8, 4) is 0 Å². The number of benzene rings is 1. The highest BCUT2D eigenvalue weighted by Gasteiger charge is 1.97. The number of hydrogen-bond acceptors (Lipinski definition) is 3. The van der Waals surface area contributed by atoms with E-state index in [2.05, 4.69) is 15.7 Å². The third kappa shape index (κ3) is 4.90. The quantitative estimate of drug-likeness (QED) is 0.306. The Labute approximate surface area is 97.6 Å². The fraction of sp³-hybridized carbons (Fsp3) is 0.300. The highest BCUT2D eigenvalue weighted by atomic mass is 32.2. The molecule has 16 heavy (non-hydrogen) atoms. The van der Waals surface area contributed by atoms with E-state index >= 15 is 0 Å². The Morgan fingerprint density at radius 3 is 2.69 bits per heavy atom. The lowest BCUT2D eigenvalue weighted by atomic mass is 10.3. The van der Waals surface area contributed by atoms with E-state index in [4.69, 9.17) is 5.84 Å². The Morgan fingerprint density at radius 1 is 1.44 bits per heavy atom. The van der Waals surface area contributed by atoms with Gasteiger partial charge in [-0.15, -0.1) is 0 Å². The van der Waals surface area contributed by atoms with Gasteiger partial charge < -0.3 is 5.32 Å². The van der Waals surface area contributed by atoms with Gasteiger partial charge in [-0.3, -0.25) is 14.6 Å². The third-order valence-electron chi connectivity index (χ3n) is 1.82. The maximum Gasteiger partial charge on any atom is 0.210 e. The van der Waals surface area contributed by atoms with E-state index in [9.17, 15) is 4.21 Å². The number of para-hydroxylation sites is 1. The minimum Gasteiger partial charge on any atom is -0.325 e. The van der Waals surface area contributed by atoms with Gasteiger partial charge in [0, 0.05) is 28.5 Å². The molecule has 1 atom stereocenters. The van der Waals surface area contributed by atoms with Crippen LogP contribution >= 0.6 is 0 Å². The number of hydrazine groups is 1. The van der Waals surface area contributed by atoms with Gasteiger partial charge in [0.25, 0.3) is 0 Å². The molecule has 0 amide bonds. The molecule has 0 saturated heterocycles. The molecule has 88 valence electrons. The van der Waals surface area contributed by atoms with Crippen molar-refractivity contribution < 1.29 is 4.21 Å². The third-order valence-corrected chi connectivity index (χ3v) is 2.58. The predicted molar refractivity (Wildman–Crippen MR) is 68.6 cm³/mol. The van der Waals surface area contributed by atoms with Crippen molar-refractivity contribution in [2.24, 2.45) is 10.8 Å². The van der Waals surface area contributed by atoms with Gasteiger partial charge in [0.15, 0.2) is 0 Å². The van der Waals surface area contributed by atoms with Gasteiger partial charge >= 0.3 is 0 Å². The Bertz CT molecular complexity index is 366. The van der Waals surface area contributed by atoms with Crippen molar-refractivity contribution in [1.29, 1.82) is 0 Å². The van der Waals surface area contributed by atoms with Crippen LogP contribution in [0.1, 0.15) is 0 Å². The second-order valence-corrected chi connectivity index (χ2v) is 4.70. The molecule has 1 aromatic rings. The van der Waals surface area contributed by atoms with Crippen LogP contribution < -0.4 is 16.6 Å². The van der Waals surface area contributed by atoms with Crippen molar-refractivity contribution in [2.45, 2.75) is 0 Å². The molecule has 6 heteroatoms. The van der Waals surface area contributed by atoms with Gasteiger partial charge in [0.2, 0.25) is 5.96 Å². The Hall–Kier alpha value is -1.40. The van der Waals surface area contributed by atoms with Crippen LogP contribution in [0.2, 0.25) is 0 Å². The molecule has 1 rings (SSSR count). The van der Waals surface area contributed by atoms with Crippen molar-refractivity contribution in [2.75, 3.05) is 23.9 Å². The smallest absolute Gasteiger partial charge is 0.210 e. The van der Waals surface area contributed by atoms with Crippen LogP contribution in [0.3, 0.4) is 0 Å². The zero-order valence-electron chi connectivity index (χ0n) is 9.14. The van der Waals surface area contributed by atoms with Gasteiger partial charge in [0.05, 0.1) is 6.54 Å². The molecule has 0 aliphatic rings. The summed E-state index contributed by atoms with van der Waals surface area (Å²) in [5.41, 5.74) is 3.36. The van der Waals surface area contributed by atoms with Crippen LogP contribution in [-0.2, 0) is 10.8 Å². The van der Waals surface area contributed by atoms with E-state index in [1.807, 2.05) is 30.3 Å². The summed E-state index contributed by atoms with van der Waals surface area (Å²) in [5, 5.41) is 3.02. The lowest BCUT2D eigenvalue weighted by Gasteiger charge is -2.08. The molecule has 0 aromatic heterocycles. The molecule has 0 spiro atoms. The fourth-order valence-electron chi connectivity index (χ4n) is 1.07. The molecule has 0 aliphatic carbocycles. The molecule has 0 radical (unpaired) electrons. The zero-order valence-corrected chi connectivity index (χ0v) is 9.96. The van der Waals surface area contributed by atoms with E-state index in [1.54, 1.807) is 6.26 Å². The summed E-state index contributed by atoms with van der Waals surface area (Å²) < 4.78 is 10.8. The number of anilines is 1. The predicted octanol–water partition coefficient (Wildman–Crippen LogP) is 0.296. The largest absolute Gasteiger partial charge is 0.325 e. The van der Waals surface area contributed by atoms with Crippen LogP contribution in [-0.4, -0.2) is 28.7 Å². The van der Waals surface area contributed by atoms with E-state index in [0.29, 0.717) is 18.3 Å². The first-order chi connectivity index (χ1) is 7.72. The van der Waals surface area contributed by atoms with Gasteiger partial charge in [-0.05, 0) is 12.1 Å². The van der Waals surface area contributed by atoms with Crippen molar-refractivity contribution in [1.82, 2.24) is 5.43 Å². The van der Waals surface area contributed by atoms with Crippen LogP contribution in [0.25, 0.3) is 0 Å². The van der Waals surface area contributed by atoms with Crippen molar-refractivity contribution in [3.05, 3.63) is 30.3 Å². The maximum absolute atomic E-state index is 10.8. The van der Waals surface area contributed by atoms with Crippen LogP contribution in [0.15, 0.2) is 35.3 Å². The van der Waals surface area contributed by atoms with E-state index in [1.165, 1.54) is 0 Å². The summed E-state index contributed by atoms with van der Waals surface area (Å²) in [6, 6.07) is 9.57. The molecule has 0 saturated carbocycles. The standard InChI is InChI=1S/C10H16N4OS/c1-16(15)8-7-12-10(14-11)13-9-5-3-2-4-6-9/h2-6H,7-8,11H2,1H3,(H2,12,13,14). The molecular formula is C10H16N4OS. The molecule has 1 unspecified atom stereocenters. The Morgan fingerprint density at radius 2 is 2.12 bits per heavy atom. The van der Waals surface area contributed by atoms with E-state index in [-0.39, 0.29) is 0 Å². The van der Waals surface area contributed by atoms with Gasteiger partial charge in [-0.25, -0.2) is 5.84 Å². The highest BCUT2D eigenvalue weighted by Crippen LogP contribution is 2.03. The van der Waals surface area contributed by atoms with E-state index < -0.39 is 10.8 Å². The first-order valence-electron chi connectivity index (χ1n) is 4.85. The van der Waals surface area contributed by atoms with Gasteiger partial charge in [0.1, 0.15) is 0 Å². The molecule has 0 heterocycles. The van der Waals surface area contributed by atoms with Crippen molar-refractivity contribution in [3.63, 3.8) is 0 Å². The monoisotopic (exact) mass is 240 g/mol. The summed E-state index contributed by atoms with van der Waals surface area (Å²) in [4.78, 5) is 4.15. The number of nitrogens with two attached hydrogens (primary N) is 1. The van der Waals surface area contributed by atoms with Gasteiger partial charge in [-0.1, -0.05) is 18.2 Å². The van der Waals surface area contributed by atoms with Crippen LogP contribution in [0.4, 0.5) is 5.69 Å². The van der Waals surface area contributed by atoms with Crippen LogP contribution in [0.5, 0.6) is 0 Å². The summed E-state index contributed by atoms with van der Waals surface area (Å²) in [5.74, 6) is 6.32. The number of guanidine groups is 1. The normalized spacial score (nSPS) is 13.2. The fourth-order valence-corrected chi connectivity index (χ4v) is 1.41. The van der Waals surface area contributed by atoms with E-state index in [0.717, 1.165) is 5.69 Å². The van der Waals surface area contributed by atoms with Gasteiger partial charge in [-0.2, -0.15) is 0 Å². The molecule has 0 bridgehead atoms. The van der Waals surface area contributed by atoms with Crippen molar-refractivity contribution >= 4 is 22.4 Å². The Kier molecular flexibility index (Phi) is 5.52. The molecule has 4 N–H and O–H groups in total. The molecule has 5 nitrogen and oxygen atoms in total. The number of hydrogen-bond donors (Lipinski definition) is 3. The molecular weight excluding hydrogens is 224 g/mol. The minimum absolute atomic E-state index is 0.469. The maximum atomic E-state index is 10.8. The number of nitrogens with one attached hydrogen (secondary N) is 2. The lowest BCUT2D eigenvalue weighted by Crippen LogP contribution is -2.36. The summed E-state index contributed by atoms with van der Waals surface area (Å²) in [7, 11) is -0.834. The summed E-state index contributed by atoms with van der Waals surface area (Å²) in [6.45, 7) is 0.475. The molecule has 1 aromatic carbocycles. The molecule has 0 aliphatic heterocycles. The SMILES string of the molecule is CS(=O)CCN=C(NN)Nc1ccccc1. The second kappa shape index (κ2) is 6.97. The average molecular weight is 240 g/mol. The van der Waals surface area contributed by atoms with Crippen LogP contribution in [0, 0.1) is 0 Å².